The van der Waals surface area contributed by atoms with Gasteiger partial charge in [0, 0.05) is 31.3 Å². The summed E-state index contributed by atoms with van der Waals surface area (Å²) in [4.78, 5) is 12.4. The van der Waals surface area contributed by atoms with Crippen LogP contribution in [0.1, 0.15) is 65.2 Å². The Hall–Kier alpha value is -0.930. The van der Waals surface area contributed by atoms with Crippen molar-refractivity contribution in [1.29, 1.82) is 0 Å². The Morgan fingerprint density at radius 1 is 1.30 bits per heavy atom. The standard InChI is InChI=1S/C20H28O3/c1-3-23-20(22)11-9-14-13(12-20)4-5-16-15(14)8-10-19(2)17(16)6-7-18(19)21/h8,16-17,22H,3-7,9-12H2,1-2H3/t16?,17?,19-,20-/m0/s1. The maximum absolute atomic E-state index is 12.4. The zero-order chi connectivity index (χ0) is 16.2. The first-order valence-corrected chi connectivity index (χ1v) is 9.28. The normalized spacial score (nSPS) is 42.9. The van der Waals surface area contributed by atoms with Crippen molar-refractivity contribution in [3.63, 3.8) is 0 Å². The number of ether oxygens (including phenoxy) is 1. The van der Waals surface area contributed by atoms with E-state index in [4.69, 9.17) is 4.74 Å². The number of ketones is 1. The molecule has 0 aromatic carbocycles. The Labute approximate surface area is 138 Å². The van der Waals surface area contributed by atoms with Crippen molar-refractivity contribution in [2.24, 2.45) is 17.3 Å². The van der Waals surface area contributed by atoms with Crippen molar-refractivity contribution in [1.82, 2.24) is 0 Å². The fourth-order valence-corrected chi connectivity index (χ4v) is 5.74. The summed E-state index contributed by atoms with van der Waals surface area (Å²) in [6, 6.07) is 0. The third-order valence-corrected chi connectivity index (χ3v) is 6.97. The van der Waals surface area contributed by atoms with Crippen LogP contribution < -0.4 is 0 Å². The summed E-state index contributed by atoms with van der Waals surface area (Å²) >= 11 is 0. The largest absolute Gasteiger partial charge is 0.365 e. The molecule has 4 atom stereocenters. The van der Waals surface area contributed by atoms with E-state index in [1.165, 1.54) is 16.7 Å². The SMILES string of the molecule is CCO[C@@]1(O)CCC2=C(CCC3C2=CC[C@]2(C)C(=O)CCC32)C1. The lowest BCUT2D eigenvalue weighted by molar-refractivity contribution is -0.206. The number of allylic oxidation sites excluding steroid dienone is 3. The van der Waals surface area contributed by atoms with Gasteiger partial charge in [0.2, 0.25) is 0 Å². The van der Waals surface area contributed by atoms with Crippen LogP contribution in [0.5, 0.6) is 0 Å². The molecule has 4 aliphatic carbocycles. The third kappa shape index (κ3) is 2.27. The average molecular weight is 316 g/mol. The minimum atomic E-state index is -0.951. The van der Waals surface area contributed by atoms with E-state index < -0.39 is 5.79 Å². The first-order valence-electron chi connectivity index (χ1n) is 9.28. The number of fused-ring (bicyclic) bond motifs is 4. The minimum Gasteiger partial charge on any atom is -0.365 e. The molecule has 1 saturated carbocycles. The number of hydrogen-bond donors (Lipinski definition) is 1. The molecule has 23 heavy (non-hydrogen) atoms. The van der Waals surface area contributed by atoms with E-state index in [2.05, 4.69) is 13.0 Å². The highest BCUT2D eigenvalue weighted by molar-refractivity contribution is 5.87. The molecule has 126 valence electrons. The number of hydrogen-bond acceptors (Lipinski definition) is 3. The van der Waals surface area contributed by atoms with Gasteiger partial charge in [0.25, 0.3) is 0 Å². The maximum Gasteiger partial charge on any atom is 0.169 e. The van der Waals surface area contributed by atoms with Crippen molar-refractivity contribution in [2.45, 2.75) is 71.0 Å². The molecule has 1 fully saturated rings. The molecule has 0 bridgehead atoms. The summed E-state index contributed by atoms with van der Waals surface area (Å²) in [5.74, 6) is 0.633. The Morgan fingerprint density at radius 2 is 2.13 bits per heavy atom. The van der Waals surface area contributed by atoms with Crippen LogP contribution in [0.4, 0.5) is 0 Å². The highest BCUT2D eigenvalue weighted by Crippen LogP contribution is 2.58. The fourth-order valence-electron chi connectivity index (χ4n) is 5.74. The molecule has 1 N–H and O–H groups in total. The molecule has 4 rings (SSSR count). The lowest BCUT2D eigenvalue weighted by Crippen LogP contribution is -2.41. The highest BCUT2D eigenvalue weighted by atomic mass is 16.6. The maximum atomic E-state index is 12.4. The molecule has 0 radical (unpaired) electrons. The van der Waals surface area contributed by atoms with Gasteiger partial charge in [-0.1, -0.05) is 18.6 Å². The summed E-state index contributed by atoms with van der Waals surface area (Å²) in [5, 5.41) is 10.6. The van der Waals surface area contributed by atoms with Gasteiger partial charge < -0.3 is 9.84 Å². The van der Waals surface area contributed by atoms with Crippen LogP contribution in [0.2, 0.25) is 0 Å². The number of aliphatic hydroxyl groups is 1. The monoisotopic (exact) mass is 316 g/mol. The molecule has 0 spiro atoms. The molecule has 0 heterocycles. The van der Waals surface area contributed by atoms with Crippen LogP contribution in [0.3, 0.4) is 0 Å². The summed E-state index contributed by atoms with van der Waals surface area (Å²) in [6.07, 6.45) is 9.61. The van der Waals surface area contributed by atoms with Crippen LogP contribution in [0.25, 0.3) is 0 Å². The summed E-state index contributed by atoms with van der Waals surface area (Å²) in [7, 11) is 0. The van der Waals surface area contributed by atoms with E-state index in [9.17, 15) is 9.90 Å². The van der Waals surface area contributed by atoms with Gasteiger partial charge >= 0.3 is 0 Å². The molecule has 4 aliphatic rings. The van der Waals surface area contributed by atoms with Gasteiger partial charge in [-0.3, -0.25) is 4.79 Å². The predicted octanol–water partition coefficient (Wildman–Crippen LogP) is 3.92. The quantitative estimate of drug-likeness (QED) is 0.786. The fraction of sp³-hybridized carbons (Fsp3) is 0.750. The predicted molar refractivity (Wildman–Crippen MR) is 88.7 cm³/mol. The Morgan fingerprint density at radius 3 is 2.91 bits per heavy atom. The van der Waals surface area contributed by atoms with E-state index in [1.807, 2.05) is 6.92 Å². The zero-order valence-corrected chi connectivity index (χ0v) is 14.4. The second-order valence-corrected chi connectivity index (χ2v) is 8.13. The van der Waals surface area contributed by atoms with Crippen molar-refractivity contribution in [2.75, 3.05) is 6.61 Å². The van der Waals surface area contributed by atoms with Crippen molar-refractivity contribution >= 4 is 5.78 Å². The summed E-state index contributed by atoms with van der Waals surface area (Å²) in [5.41, 5.74) is 4.31. The van der Waals surface area contributed by atoms with Crippen molar-refractivity contribution in [3.05, 3.63) is 22.8 Å². The molecule has 0 amide bonds. The Balaban J connectivity index is 1.65. The smallest absolute Gasteiger partial charge is 0.169 e. The van der Waals surface area contributed by atoms with Crippen LogP contribution in [0, 0.1) is 17.3 Å². The molecule has 0 aromatic heterocycles. The summed E-state index contributed by atoms with van der Waals surface area (Å²) < 4.78 is 5.61. The lowest BCUT2D eigenvalue weighted by atomic mass is 9.58. The van der Waals surface area contributed by atoms with Crippen LogP contribution in [-0.4, -0.2) is 23.3 Å². The minimum absolute atomic E-state index is 0.104. The molecule has 0 aliphatic heterocycles. The second kappa shape index (κ2) is 5.29. The Bertz CT molecular complexity index is 602. The number of carbonyl (C=O) groups excluding carboxylic acids is 1. The van der Waals surface area contributed by atoms with Crippen LogP contribution >= 0.6 is 0 Å². The van der Waals surface area contributed by atoms with Crippen molar-refractivity contribution < 1.29 is 14.6 Å². The van der Waals surface area contributed by atoms with E-state index in [0.717, 1.165) is 38.5 Å². The lowest BCUT2D eigenvalue weighted by Gasteiger charge is -2.46. The first-order chi connectivity index (χ1) is 11.0. The Kier molecular flexibility index (Phi) is 3.58. The molecule has 3 nitrogen and oxygen atoms in total. The van der Waals surface area contributed by atoms with Gasteiger partial charge in [-0.05, 0) is 62.0 Å². The van der Waals surface area contributed by atoms with E-state index in [0.29, 0.717) is 37.1 Å². The molecular formula is C20H28O3. The topological polar surface area (TPSA) is 46.5 Å². The molecular weight excluding hydrogens is 288 g/mol. The van der Waals surface area contributed by atoms with Gasteiger partial charge in [0.1, 0.15) is 5.78 Å². The van der Waals surface area contributed by atoms with Gasteiger partial charge in [0.15, 0.2) is 5.79 Å². The van der Waals surface area contributed by atoms with Crippen molar-refractivity contribution in [3.8, 4) is 0 Å². The van der Waals surface area contributed by atoms with E-state index in [-0.39, 0.29) is 5.41 Å². The van der Waals surface area contributed by atoms with E-state index in [1.54, 1.807) is 0 Å². The zero-order valence-electron chi connectivity index (χ0n) is 14.4. The van der Waals surface area contributed by atoms with Gasteiger partial charge in [0.05, 0.1) is 0 Å². The van der Waals surface area contributed by atoms with Gasteiger partial charge in [-0.25, -0.2) is 0 Å². The molecule has 0 aromatic rings. The first kappa shape index (κ1) is 15.6. The van der Waals surface area contributed by atoms with E-state index >= 15 is 0 Å². The molecule has 0 saturated heterocycles. The summed E-state index contributed by atoms with van der Waals surface area (Å²) in [6.45, 7) is 4.70. The number of carbonyl (C=O) groups is 1. The average Bonchev–Trinajstić information content (AvgIpc) is 2.82. The van der Waals surface area contributed by atoms with Crippen LogP contribution in [-0.2, 0) is 9.53 Å². The van der Waals surface area contributed by atoms with Gasteiger partial charge in [-0.2, -0.15) is 0 Å². The second-order valence-electron chi connectivity index (χ2n) is 8.13. The molecule has 2 unspecified atom stereocenters. The molecule has 3 heteroatoms. The number of Topliss-reactive ketones (excluding diaryl/α,β-unsaturated/α-hetero) is 1. The number of rotatable bonds is 2. The highest BCUT2D eigenvalue weighted by Gasteiger charge is 2.53. The third-order valence-electron chi connectivity index (χ3n) is 6.97. The van der Waals surface area contributed by atoms with Gasteiger partial charge in [-0.15, -0.1) is 0 Å². The van der Waals surface area contributed by atoms with Crippen LogP contribution in [0.15, 0.2) is 22.8 Å².